The van der Waals surface area contributed by atoms with Crippen molar-refractivity contribution in [2.45, 2.75) is 51.4 Å². The van der Waals surface area contributed by atoms with Crippen LogP contribution >= 0.6 is 11.8 Å². The highest BCUT2D eigenvalue weighted by Crippen LogP contribution is 2.21. The van der Waals surface area contributed by atoms with Gasteiger partial charge in [0.1, 0.15) is 0 Å². The van der Waals surface area contributed by atoms with E-state index in [4.69, 9.17) is 9.15 Å². The Hall–Kier alpha value is -2.15. The average Bonchev–Trinajstić information content (AvgIpc) is 3.29. The first-order chi connectivity index (χ1) is 16.3. The van der Waals surface area contributed by atoms with Crippen LogP contribution in [0.25, 0.3) is 17.5 Å². The molecule has 3 rings (SSSR count). The largest absolute Gasteiger partial charge is 0.420 e. The summed E-state index contributed by atoms with van der Waals surface area (Å²) >= 11 is 1.76. The van der Waals surface area contributed by atoms with Crippen molar-refractivity contribution < 1.29 is 9.15 Å². The molecule has 0 bridgehead atoms. The molecule has 0 radical (unpaired) electrons. The van der Waals surface area contributed by atoms with Gasteiger partial charge in [-0.2, -0.15) is 0 Å². The maximum absolute atomic E-state index is 5.99. The summed E-state index contributed by atoms with van der Waals surface area (Å²) in [5.74, 6) is 2.84. The molecule has 0 fully saturated rings. The third-order valence-corrected chi connectivity index (χ3v) is 6.38. The Morgan fingerprint density at radius 2 is 2.03 bits per heavy atom. The lowest BCUT2D eigenvalue weighted by atomic mass is 10.1. The van der Waals surface area contributed by atoms with Crippen molar-refractivity contribution in [2.75, 3.05) is 32.0 Å². The third kappa shape index (κ3) is 9.32. The number of rotatable bonds is 13. The summed E-state index contributed by atoms with van der Waals surface area (Å²) in [5.41, 5.74) is 2.13. The van der Waals surface area contributed by atoms with Gasteiger partial charge in [-0.3, -0.25) is 4.90 Å². The highest BCUT2D eigenvalue weighted by molar-refractivity contribution is 7.98. The van der Waals surface area contributed by atoms with Gasteiger partial charge >= 0.3 is 0 Å². The van der Waals surface area contributed by atoms with Crippen LogP contribution in [-0.4, -0.2) is 53.2 Å². The van der Waals surface area contributed by atoms with Gasteiger partial charge < -0.3 is 9.15 Å². The molecule has 0 saturated heterocycles. The molecule has 0 N–H and O–H groups in total. The molecule has 2 aromatic rings. The van der Waals surface area contributed by atoms with E-state index in [0.29, 0.717) is 17.5 Å². The Bertz CT molecular complexity index is 889. The molecule has 1 unspecified atom stereocenters. The Morgan fingerprint density at radius 1 is 1.15 bits per heavy atom. The van der Waals surface area contributed by atoms with Crippen molar-refractivity contribution in [3.63, 3.8) is 0 Å². The van der Waals surface area contributed by atoms with Gasteiger partial charge in [-0.15, -0.1) is 22.0 Å². The van der Waals surface area contributed by atoms with Crippen molar-refractivity contribution in [2.24, 2.45) is 0 Å². The lowest BCUT2D eigenvalue weighted by Crippen LogP contribution is -2.23. The number of aromatic nitrogens is 2. The van der Waals surface area contributed by atoms with Crippen LogP contribution in [0, 0.1) is 0 Å². The zero-order chi connectivity index (χ0) is 23.1. The third-order valence-electron chi connectivity index (χ3n) is 5.48. The molecule has 5 nitrogen and oxygen atoms in total. The normalized spacial score (nSPS) is 18.5. The Labute approximate surface area is 203 Å². The van der Waals surface area contributed by atoms with Gasteiger partial charge in [-0.1, -0.05) is 62.4 Å². The molecule has 1 aromatic heterocycles. The number of hydrogen-bond acceptors (Lipinski definition) is 6. The van der Waals surface area contributed by atoms with Gasteiger partial charge in [0.25, 0.3) is 0 Å². The first-order valence-electron chi connectivity index (χ1n) is 12.1. The van der Waals surface area contributed by atoms with Crippen LogP contribution in [0.2, 0.25) is 0 Å². The molecule has 0 saturated carbocycles. The van der Waals surface area contributed by atoms with E-state index in [9.17, 15) is 0 Å². The zero-order valence-electron chi connectivity index (χ0n) is 20.0. The van der Waals surface area contributed by atoms with Crippen molar-refractivity contribution in [3.8, 4) is 11.5 Å². The number of benzene rings is 1. The summed E-state index contributed by atoms with van der Waals surface area (Å²) in [5, 5.41) is 8.43. The van der Waals surface area contributed by atoms with E-state index in [1.807, 2.05) is 12.1 Å². The second kappa shape index (κ2) is 14.9. The van der Waals surface area contributed by atoms with Crippen molar-refractivity contribution >= 4 is 17.8 Å². The SMILES string of the molecule is CCCN(CC)C/C=C/c1ccc(-c2nnc(CSCCOC3/C=C\C/C=C\CC3)o2)cc1. The molecular formula is C27H37N3O2S. The highest BCUT2D eigenvalue weighted by Gasteiger charge is 2.09. The summed E-state index contributed by atoms with van der Waals surface area (Å²) in [6, 6.07) is 8.27. The number of thioether (sulfide) groups is 1. The molecule has 1 aliphatic rings. The number of ether oxygens (including phenoxy) is 1. The predicted molar refractivity (Wildman–Crippen MR) is 139 cm³/mol. The fraction of sp³-hybridized carbons (Fsp3) is 0.481. The summed E-state index contributed by atoms with van der Waals surface area (Å²) in [7, 11) is 0. The quantitative estimate of drug-likeness (QED) is 0.251. The second-order valence-electron chi connectivity index (χ2n) is 8.09. The number of likely N-dealkylation sites (N-methyl/N-ethyl adjacent to an activating group) is 1. The van der Waals surface area contributed by atoms with Gasteiger partial charge in [0.05, 0.1) is 18.5 Å². The molecule has 6 heteroatoms. The summed E-state index contributed by atoms with van der Waals surface area (Å²) < 4.78 is 11.8. The van der Waals surface area contributed by atoms with E-state index in [0.717, 1.165) is 56.8 Å². The molecule has 1 aliphatic carbocycles. The minimum Gasteiger partial charge on any atom is -0.420 e. The smallest absolute Gasteiger partial charge is 0.247 e. The second-order valence-corrected chi connectivity index (χ2v) is 9.20. The Balaban J connectivity index is 1.39. The predicted octanol–water partition coefficient (Wildman–Crippen LogP) is 6.40. The van der Waals surface area contributed by atoms with Crippen molar-refractivity contribution in [1.82, 2.24) is 15.1 Å². The van der Waals surface area contributed by atoms with Crippen LogP contribution in [-0.2, 0) is 10.5 Å². The lowest BCUT2D eigenvalue weighted by molar-refractivity contribution is 0.0928. The molecular weight excluding hydrogens is 430 g/mol. The van der Waals surface area contributed by atoms with Crippen LogP contribution in [0.15, 0.2) is 59.1 Å². The van der Waals surface area contributed by atoms with Gasteiger partial charge in [-0.05, 0) is 56.5 Å². The van der Waals surface area contributed by atoms with Crippen LogP contribution < -0.4 is 0 Å². The first kappa shape index (κ1) is 25.5. The first-order valence-corrected chi connectivity index (χ1v) is 13.3. The van der Waals surface area contributed by atoms with Gasteiger partial charge in [-0.25, -0.2) is 0 Å². The van der Waals surface area contributed by atoms with E-state index in [1.54, 1.807) is 11.8 Å². The lowest BCUT2D eigenvalue weighted by Gasteiger charge is -2.16. The van der Waals surface area contributed by atoms with E-state index in [1.165, 1.54) is 12.0 Å². The van der Waals surface area contributed by atoms with E-state index < -0.39 is 0 Å². The molecule has 0 aliphatic heterocycles. The van der Waals surface area contributed by atoms with Crippen LogP contribution in [0.1, 0.15) is 51.0 Å². The average molecular weight is 468 g/mol. The minimum atomic E-state index is 0.227. The van der Waals surface area contributed by atoms with E-state index in [-0.39, 0.29) is 6.10 Å². The molecule has 178 valence electrons. The fourth-order valence-electron chi connectivity index (χ4n) is 3.63. The molecule has 0 amide bonds. The van der Waals surface area contributed by atoms with Crippen molar-refractivity contribution in [1.29, 1.82) is 0 Å². The van der Waals surface area contributed by atoms with E-state index >= 15 is 0 Å². The van der Waals surface area contributed by atoms with Crippen molar-refractivity contribution in [3.05, 3.63) is 66.1 Å². The molecule has 0 spiro atoms. The topological polar surface area (TPSA) is 51.4 Å². The Morgan fingerprint density at radius 3 is 2.85 bits per heavy atom. The Kier molecular flexibility index (Phi) is 11.5. The minimum absolute atomic E-state index is 0.227. The van der Waals surface area contributed by atoms with E-state index in [2.05, 4.69) is 77.5 Å². The molecule has 33 heavy (non-hydrogen) atoms. The maximum Gasteiger partial charge on any atom is 0.247 e. The number of nitrogens with zero attached hydrogens (tertiary/aromatic N) is 3. The van der Waals surface area contributed by atoms with Crippen LogP contribution in [0.3, 0.4) is 0 Å². The molecule has 1 aromatic carbocycles. The molecule has 1 atom stereocenters. The monoisotopic (exact) mass is 467 g/mol. The molecule has 1 heterocycles. The van der Waals surface area contributed by atoms with Gasteiger partial charge in [0.15, 0.2) is 0 Å². The summed E-state index contributed by atoms with van der Waals surface area (Å²) in [6.45, 7) is 8.36. The number of hydrogen-bond donors (Lipinski definition) is 0. The summed E-state index contributed by atoms with van der Waals surface area (Å²) in [4.78, 5) is 2.43. The number of allylic oxidation sites excluding steroid dienone is 3. The van der Waals surface area contributed by atoms with Gasteiger partial charge in [0.2, 0.25) is 11.8 Å². The highest BCUT2D eigenvalue weighted by atomic mass is 32.2. The summed E-state index contributed by atoms with van der Waals surface area (Å²) in [6.07, 6.45) is 17.8. The fourth-order valence-corrected chi connectivity index (χ4v) is 4.28. The van der Waals surface area contributed by atoms with Crippen LogP contribution in [0.4, 0.5) is 0 Å². The maximum atomic E-state index is 5.99. The van der Waals surface area contributed by atoms with Gasteiger partial charge in [0, 0.05) is 17.9 Å². The zero-order valence-corrected chi connectivity index (χ0v) is 20.8. The van der Waals surface area contributed by atoms with Crippen LogP contribution in [0.5, 0.6) is 0 Å². The standard InChI is InChI=1S/C27H37N3O2S/c1-3-18-30(4-2)19-10-11-23-14-16-24(17-15-23)27-29-28-26(32-27)22-33-21-20-31-25-12-8-6-5-7-9-13-25/h5-6,9-11,13-17,25H,3-4,7-8,12,18-22H2,1-2H3/b6-5-,11-10+,13-9-.